The van der Waals surface area contributed by atoms with Gasteiger partial charge in [0.25, 0.3) is 5.91 Å². The van der Waals surface area contributed by atoms with E-state index in [1.165, 1.54) is 17.3 Å². The van der Waals surface area contributed by atoms with Crippen LogP contribution in [0.4, 0.5) is 11.4 Å². The summed E-state index contributed by atoms with van der Waals surface area (Å²) in [4.78, 5) is 26.3. The summed E-state index contributed by atoms with van der Waals surface area (Å²) in [5, 5.41) is 20.0. The van der Waals surface area contributed by atoms with Crippen LogP contribution in [0.15, 0.2) is 101 Å². The van der Waals surface area contributed by atoms with Gasteiger partial charge in [-0.05, 0) is 55.2 Å². The molecule has 0 bridgehead atoms. The number of hydrogen-bond donors (Lipinski definition) is 3. The zero-order valence-corrected chi connectivity index (χ0v) is 23.4. The van der Waals surface area contributed by atoms with E-state index in [4.69, 9.17) is 0 Å². The maximum Gasteiger partial charge on any atom is 0.254 e. The van der Waals surface area contributed by atoms with Crippen molar-refractivity contribution in [2.45, 2.75) is 39.5 Å². The summed E-state index contributed by atoms with van der Waals surface area (Å²) in [6, 6.07) is 27.2. The third-order valence-corrected chi connectivity index (χ3v) is 7.56. The minimum Gasteiger partial charge on any atom is -0.353 e. The number of aryl methyl sites for hydroxylation is 1. The summed E-state index contributed by atoms with van der Waals surface area (Å²) in [7, 11) is 0. The fourth-order valence-electron chi connectivity index (χ4n) is 4.43. The smallest absolute Gasteiger partial charge is 0.254 e. The lowest BCUT2D eigenvalue weighted by Gasteiger charge is -2.30. The largest absolute Gasteiger partial charge is 0.353 e. The van der Waals surface area contributed by atoms with Crippen LogP contribution < -0.4 is 16.0 Å². The molecular formula is C32H32N4O2S. The summed E-state index contributed by atoms with van der Waals surface area (Å²) in [6.45, 7) is 8.06. The van der Waals surface area contributed by atoms with E-state index >= 15 is 0 Å². The molecule has 0 saturated carbocycles. The lowest BCUT2D eigenvalue weighted by atomic mass is 9.82. The van der Waals surface area contributed by atoms with E-state index in [1.807, 2.05) is 92.7 Å². The van der Waals surface area contributed by atoms with E-state index in [1.54, 1.807) is 0 Å². The van der Waals surface area contributed by atoms with Gasteiger partial charge in [-0.3, -0.25) is 9.59 Å². The van der Waals surface area contributed by atoms with Crippen LogP contribution in [-0.2, 0) is 9.59 Å². The van der Waals surface area contributed by atoms with Crippen LogP contribution in [0.1, 0.15) is 49.3 Å². The highest BCUT2D eigenvalue weighted by Crippen LogP contribution is 2.41. The minimum absolute atomic E-state index is 0.110. The molecular weight excluding hydrogens is 504 g/mol. The highest BCUT2D eigenvalue weighted by molar-refractivity contribution is 8.03. The van der Waals surface area contributed by atoms with Crippen LogP contribution in [0.25, 0.3) is 0 Å². The standard InChI is InChI=1S/C32H32N4O2S/c1-20(2)23-12-16-25(17-13-23)35-28(37)19-39-32-27(18-33)30(24-8-6-5-7-9-24)29(22(4)34-32)31(38)36-26-14-10-21(3)11-15-26/h5-17,20,30,34H,19H2,1-4H3,(H,35,37)(H,36,38). The summed E-state index contributed by atoms with van der Waals surface area (Å²) in [6.07, 6.45) is 0. The first-order chi connectivity index (χ1) is 18.8. The zero-order chi connectivity index (χ0) is 27.9. The van der Waals surface area contributed by atoms with Crippen molar-refractivity contribution in [1.82, 2.24) is 5.32 Å². The van der Waals surface area contributed by atoms with Gasteiger partial charge >= 0.3 is 0 Å². The SMILES string of the molecule is CC1=C(C(=O)Nc2ccc(C)cc2)C(c2ccccc2)C(C#N)=C(SCC(=O)Nc2ccc(C(C)C)cc2)N1. The van der Waals surface area contributed by atoms with Gasteiger partial charge < -0.3 is 16.0 Å². The molecule has 0 radical (unpaired) electrons. The molecule has 1 atom stereocenters. The Morgan fingerprint density at radius 2 is 1.54 bits per heavy atom. The summed E-state index contributed by atoms with van der Waals surface area (Å²) < 4.78 is 0. The monoisotopic (exact) mass is 536 g/mol. The Labute approximate surface area is 234 Å². The van der Waals surface area contributed by atoms with Gasteiger partial charge in [-0.15, -0.1) is 0 Å². The van der Waals surface area contributed by atoms with Gasteiger partial charge in [-0.1, -0.05) is 85.8 Å². The Balaban J connectivity index is 1.56. The van der Waals surface area contributed by atoms with Crippen molar-refractivity contribution in [3.63, 3.8) is 0 Å². The molecule has 6 nitrogen and oxygen atoms in total. The van der Waals surface area contributed by atoms with Gasteiger partial charge in [-0.25, -0.2) is 0 Å². The molecule has 3 aromatic carbocycles. The van der Waals surface area contributed by atoms with Crippen molar-refractivity contribution < 1.29 is 9.59 Å². The van der Waals surface area contributed by atoms with E-state index in [9.17, 15) is 14.9 Å². The molecule has 0 saturated heterocycles. The topological polar surface area (TPSA) is 94.0 Å². The first-order valence-electron chi connectivity index (χ1n) is 12.8. The van der Waals surface area contributed by atoms with Crippen LogP contribution in [0, 0.1) is 18.3 Å². The Morgan fingerprint density at radius 3 is 2.15 bits per heavy atom. The first kappa shape index (κ1) is 27.7. The second-order valence-electron chi connectivity index (χ2n) is 9.80. The molecule has 4 rings (SSSR count). The second-order valence-corrected chi connectivity index (χ2v) is 10.8. The maximum atomic E-state index is 13.5. The molecule has 0 fully saturated rings. The predicted octanol–water partition coefficient (Wildman–Crippen LogP) is 6.83. The van der Waals surface area contributed by atoms with Crippen LogP contribution in [0.2, 0.25) is 0 Å². The number of thioether (sulfide) groups is 1. The van der Waals surface area contributed by atoms with Crippen molar-refractivity contribution in [3.05, 3.63) is 117 Å². The highest BCUT2D eigenvalue weighted by Gasteiger charge is 2.34. The number of rotatable bonds is 8. The molecule has 0 spiro atoms. The van der Waals surface area contributed by atoms with Crippen molar-refractivity contribution in [1.29, 1.82) is 5.26 Å². The molecule has 1 aliphatic rings. The third-order valence-electron chi connectivity index (χ3n) is 6.54. The van der Waals surface area contributed by atoms with Gasteiger partial charge in [0.05, 0.1) is 28.3 Å². The van der Waals surface area contributed by atoms with E-state index in [0.29, 0.717) is 33.5 Å². The van der Waals surface area contributed by atoms with Gasteiger partial charge in [0.15, 0.2) is 0 Å². The van der Waals surface area contributed by atoms with Crippen molar-refractivity contribution in [3.8, 4) is 6.07 Å². The van der Waals surface area contributed by atoms with Crippen molar-refractivity contribution in [2.24, 2.45) is 0 Å². The van der Waals surface area contributed by atoms with Gasteiger partial charge in [0.2, 0.25) is 5.91 Å². The van der Waals surface area contributed by atoms with Gasteiger partial charge in [0, 0.05) is 22.6 Å². The Morgan fingerprint density at radius 1 is 0.923 bits per heavy atom. The lowest BCUT2D eigenvalue weighted by molar-refractivity contribution is -0.114. The Kier molecular flexibility index (Phi) is 8.90. The number of carbonyl (C=O) groups is 2. The molecule has 1 aliphatic heterocycles. The molecule has 7 heteroatoms. The summed E-state index contributed by atoms with van der Waals surface area (Å²) in [5.41, 5.74) is 6.04. The molecule has 1 heterocycles. The molecule has 198 valence electrons. The Bertz CT molecular complexity index is 1450. The quantitative estimate of drug-likeness (QED) is 0.294. The number of carbonyl (C=O) groups excluding carboxylic acids is 2. The fourth-order valence-corrected chi connectivity index (χ4v) is 5.32. The number of anilines is 2. The fraction of sp³-hybridized carbons (Fsp3) is 0.219. The number of allylic oxidation sites excluding steroid dienone is 2. The van der Waals surface area contributed by atoms with Crippen LogP contribution in [0.5, 0.6) is 0 Å². The number of hydrogen-bond acceptors (Lipinski definition) is 5. The molecule has 39 heavy (non-hydrogen) atoms. The summed E-state index contributed by atoms with van der Waals surface area (Å²) >= 11 is 1.26. The molecule has 1 unspecified atom stereocenters. The number of nitrogens with zero attached hydrogens (tertiary/aromatic N) is 1. The zero-order valence-electron chi connectivity index (χ0n) is 22.5. The van der Waals surface area contributed by atoms with Crippen LogP contribution in [-0.4, -0.2) is 17.6 Å². The van der Waals surface area contributed by atoms with E-state index in [2.05, 4.69) is 35.9 Å². The lowest BCUT2D eigenvalue weighted by Crippen LogP contribution is -2.31. The van der Waals surface area contributed by atoms with E-state index < -0.39 is 5.92 Å². The molecule has 0 aliphatic carbocycles. The molecule has 3 aromatic rings. The summed E-state index contributed by atoms with van der Waals surface area (Å²) in [5.74, 6) is -0.505. The molecule has 2 amide bonds. The number of amides is 2. The third kappa shape index (κ3) is 6.78. The molecule has 0 aromatic heterocycles. The minimum atomic E-state index is -0.572. The average Bonchev–Trinajstić information content (AvgIpc) is 2.93. The van der Waals surface area contributed by atoms with Gasteiger partial charge in [0.1, 0.15) is 0 Å². The predicted molar refractivity (Wildman–Crippen MR) is 159 cm³/mol. The number of nitriles is 1. The maximum absolute atomic E-state index is 13.5. The van der Waals surface area contributed by atoms with Gasteiger partial charge in [-0.2, -0.15) is 5.26 Å². The normalized spacial score (nSPS) is 15.0. The van der Waals surface area contributed by atoms with E-state index in [0.717, 1.165) is 16.8 Å². The number of benzene rings is 3. The molecule has 3 N–H and O–H groups in total. The second kappa shape index (κ2) is 12.5. The average molecular weight is 537 g/mol. The van der Waals surface area contributed by atoms with E-state index in [-0.39, 0.29) is 17.6 Å². The van der Waals surface area contributed by atoms with Crippen molar-refractivity contribution >= 4 is 35.0 Å². The number of nitrogens with one attached hydrogen (secondary N) is 3. The Hall–Kier alpha value is -4.28. The highest BCUT2D eigenvalue weighted by atomic mass is 32.2. The first-order valence-corrected chi connectivity index (χ1v) is 13.8. The van der Waals surface area contributed by atoms with Crippen LogP contribution >= 0.6 is 11.8 Å². The van der Waals surface area contributed by atoms with Crippen molar-refractivity contribution in [2.75, 3.05) is 16.4 Å². The number of dihydropyridines is 1. The van der Waals surface area contributed by atoms with Crippen LogP contribution in [0.3, 0.4) is 0 Å².